The van der Waals surface area contributed by atoms with Crippen molar-refractivity contribution in [2.75, 3.05) is 6.54 Å². The van der Waals surface area contributed by atoms with Crippen molar-refractivity contribution in [1.82, 2.24) is 20.5 Å². The van der Waals surface area contributed by atoms with Gasteiger partial charge in [-0.05, 0) is 30.7 Å². The number of halogens is 1. The zero-order valence-corrected chi connectivity index (χ0v) is 11.2. The van der Waals surface area contributed by atoms with Gasteiger partial charge >= 0.3 is 0 Å². The Hall–Kier alpha value is -1.20. The third-order valence-corrected chi connectivity index (χ3v) is 3.10. The van der Waals surface area contributed by atoms with Gasteiger partial charge in [-0.25, -0.2) is 4.98 Å². The van der Waals surface area contributed by atoms with Crippen molar-refractivity contribution in [3.05, 3.63) is 46.5 Å². The fourth-order valence-electron chi connectivity index (χ4n) is 1.75. The van der Waals surface area contributed by atoms with Crippen molar-refractivity contribution < 1.29 is 0 Å². The Bertz CT molecular complexity index is 438. The van der Waals surface area contributed by atoms with E-state index in [1.807, 2.05) is 0 Å². The van der Waals surface area contributed by atoms with Crippen LogP contribution >= 0.6 is 15.9 Å². The highest BCUT2D eigenvalue weighted by Gasteiger charge is 2.13. The molecular weight excluding hydrogens is 280 g/mol. The quantitative estimate of drug-likeness (QED) is 0.891. The molecule has 2 N–H and O–H groups in total. The van der Waals surface area contributed by atoms with E-state index in [0.717, 1.165) is 23.3 Å². The second-order valence-corrected chi connectivity index (χ2v) is 4.73. The molecule has 0 aliphatic heterocycles. The van der Waals surface area contributed by atoms with Gasteiger partial charge in [-0.1, -0.05) is 35.0 Å². The van der Waals surface area contributed by atoms with Gasteiger partial charge in [0.15, 0.2) is 0 Å². The first-order valence-corrected chi connectivity index (χ1v) is 6.42. The van der Waals surface area contributed by atoms with Crippen molar-refractivity contribution in [2.24, 2.45) is 0 Å². The van der Waals surface area contributed by atoms with Crippen LogP contribution in [-0.2, 0) is 6.42 Å². The molecule has 0 aliphatic carbocycles. The first-order chi connectivity index (χ1) is 8.29. The van der Waals surface area contributed by atoms with E-state index in [2.05, 4.69) is 67.6 Å². The standard InChI is InChI=1S/C12H15BrN4/c1-2-14-11(12-15-8-16-17-12)7-9-3-5-10(13)6-4-9/h3-6,8,11,14H,2,7H2,1H3,(H,15,16,17). The molecule has 0 saturated heterocycles. The maximum atomic E-state index is 4.21. The van der Waals surface area contributed by atoms with E-state index in [4.69, 9.17) is 0 Å². The van der Waals surface area contributed by atoms with E-state index in [1.54, 1.807) is 6.33 Å². The summed E-state index contributed by atoms with van der Waals surface area (Å²) < 4.78 is 1.10. The Morgan fingerprint density at radius 1 is 1.35 bits per heavy atom. The summed E-state index contributed by atoms with van der Waals surface area (Å²) in [6.45, 7) is 2.99. The molecule has 1 aromatic carbocycles. The van der Waals surface area contributed by atoms with Gasteiger partial charge in [0.1, 0.15) is 12.2 Å². The summed E-state index contributed by atoms with van der Waals surface area (Å²) in [7, 11) is 0. The summed E-state index contributed by atoms with van der Waals surface area (Å²) in [5.41, 5.74) is 1.27. The largest absolute Gasteiger partial charge is 0.307 e. The van der Waals surface area contributed by atoms with E-state index >= 15 is 0 Å². The average Bonchev–Trinajstić information content (AvgIpc) is 2.85. The van der Waals surface area contributed by atoms with Crippen LogP contribution in [0.15, 0.2) is 35.1 Å². The number of likely N-dealkylation sites (N-methyl/N-ethyl adjacent to an activating group) is 1. The van der Waals surface area contributed by atoms with Crippen LogP contribution in [0.4, 0.5) is 0 Å². The third-order valence-electron chi connectivity index (χ3n) is 2.57. The van der Waals surface area contributed by atoms with E-state index in [9.17, 15) is 0 Å². The van der Waals surface area contributed by atoms with Crippen LogP contribution in [0.2, 0.25) is 0 Å². The number of aromatic nitrogens is 3. The summed E-state index contributed by atoms with van der Waals surface area (Å²) in [6, 6.07) is 8.52. The van der Waals surface area contributed by atoms with Crippen LogP contribution in [0.3, 0.4) is 0 Å². The van der Waals surface area contributed by atoms with Gasteiger partial charge in [-0.15, -0.1) is 0 Å². The summed E-state index contributed by atoms with van der Waals surface area (Å²) in [5.74, 6) is 0.884. The maximum Gasteiger partial charge on any atom is 0.141 e. The predicted octanol–water partition coefficient (Wildman–Crippen LogP) is 2.46. The molecule has 0 saturated carbocycles. The van der Waals surface area contributed by atoms with Gasteiger partial charge in [-0.3, -0.25) is 5.10 Å². The molecule has 0 aliphatic rings. The second-order valence-electron chi connectivity index (χ2n) is 3.81. The maximum absolute atomic E-state index is 4.21. The normalized spacial score (nSPS) is 12.6. The Morgan fingerprint density at radius 3 is 2.71 bits per heavy atom. The second kappa shape index (κ2) is 5.93. The number of rotatable bonds is 5. The van der Waals surface area contributed by atoms with Crippen molar-refractivity contribution >= 4 is 15.9 Å². The van der Waals surface area contributed by atoms with E-state index in [1.165, 1.54) is 5.56 Å². The molecule has 0 fully saturated rings. The molecule has 2 aromatic rings. The van der Waals surface area contributed by atoms with Crippen LogP contribution < -0.4 is 5.32 Å². The van der Waals surface area contributed by atoms with Crippen LogP contribution in [0, 0.1) is 0 Å². The number of hydrogen-bond donors (Lipinski definition) is 2. The van der Waals surface area contributed by atoms with Gasteiger partial charge in [0.25, 0.3) is 0 Å². The molecule has 1 unspecified atom stereocenters. The molecule has 1 aromatic heterocycles. The van der Waals surface area contributed by atoms with E-state index in [0.29, 0.717) is 0 Å². The Balaban J connectivity index is 2.10. The molecule has 0 amide bonds. The Kier molecular flexibility index (Phi) is 4.28. The number of nitrogens with one attached hydrogen (secondary N) is 2. The van der Waals surface area contributed by atoms with Crippen molar-refractivity contribution in [3.63, 3.8) is 0 Å². The van der Waals surface area contributed by atoms with Gasteiger partial charge in [-0.2, -0.15) is 5.10 Å². The monoisotopic (exact) mass is 294 g/mol. The number of nitrogens with zero attached hydrogens (tertiary/aromatic N) is 2. The van der Waals surface area contributed by atoms with Crippen LogP contribution in [-0.4, -0.2) is 21.7 Å². The lowest BCUT2D eigenvalue weighted by Crippen LogP contribution is -2.24. The molecule has 1 atom stereocenters. The van der Waals surface area contributed by atoms with Gasteiger partial charge in [0, 0.05) is 4.47 Å². The summed E-state index contributed by atoms with van der Waals surface area (Å²) in [4.78, 5) is 4.21. The zero-order valence-electron chi connectivity index (χ0n) is 9.65. The minimum Gasteiger partial charge on any atom is -0.307 e. The minimum atomic E-state index is 0.184. The minimum absolute atomic E-state index is 0.184. The average molecular weight is 295 g/mol. The zero-order chi connectivity index (χ0) is 12.1. The number of hydrogen-bond acceptors (Lipinski definition) is 3. The predicted molar refractivity (Wildman–Crippen MR) is 70.6 cm³/mol. The SMILES string of the molecule is CCNC(Cc1ccc(Br)cc1)c1ncn[nH]1. The molecule has 5 heteroatoms. The Morgan fingerprint density at radius 2 is 2.12 bits per heavy atom. The van der Waals surface area contributed by atoms with Gasteiger partial charge < -0.3 is 5.32 Å². The van der Waals surface area contributed by atoms with Crippen molar-refractivity contribution in [1.29, 1.82) is 0 Å². The summed E-state index contributed by atoms with van der Waals surface area (Å²) in [6.07, 6.45) is 2.44. The number of aromatic amines is 1. The van der Waals surface area contributed by atoms with Crippen molar-refractivity contribution in [2.45, 2.75) is 19.4 Å². The summed E-state index contributed by atoms with van der Waals surface area (Å²) >= 11 is 3.44. The molecule has 0 spiro atoms. The lowest BCUT2D eigenvalue weighted by molar-refractivity contribution is 0.523. The van der Waals surface area contributed by atoms with Gasteiger partial charge in [0.2, 0.25) is 0 Å². The van der Waals surface area contributed by atoms with Crippen LogP contribution in [0.5, 0.6) is 0 Å². The molecule has 2 rings (SSSR count). The highest BCUT2D eigenvalue weighted by atomic mass is 79.9. The summed E-state index contributed by atoms with van der Waals surface area (Å²) in [5, 5.41) is 10.2. The highest BCUT2D eigenvalue weighted by molar-refractivity contribution is 9.10. The van der Waals surface area contributed by atoms with E-state index in [-0.39, 0.29) is 6.04 Å². The van der Waals surface area contributed by atoms with Crippen LogP contribution in [0.25, 0.3) is 0 Å². The fraction of sp³-hybridized carbons (Fsp3) is 0.333. The Labute approximate surface area is 109 Å². The lowest BCUT2D eigenvalue weighted by Gasteiger charge is -2.15. The molecule has 90 valence electrons. The lowest BCUT2D eigenvalue weighted by atomic mass is 10.1. The van der Waals surface area contributed by atoms with Gasteiger partial charge in [0.05, 0.1) is 6.04 Å². The molecule has 0 bridgehead atoms. The van der Waals surface area contributed by atoms with Crippen molar-refractivity contribution in [3.8, 4) is 0 Å². The molecule has 1 heterocycles. The smallest absolute Gasteiger partial charge is 0.141 e. The molecule has 0 radical (unpaired) electrons. The number of H-pyrrole nitrogens is 1. The highest BCUT2D eigenvalue weighted by Crippen LogP contribution is 2.17. The topological polar surface area (TPSA) is 53.6 Å². The molecule has 17 heavy (non-hydrogen) atoms. The van der Waals surface area contributed by atoms with E-state index < -0.39 is 0 Å². The fourth-order valence-corrected chi connectivity index (χ4v) is 2.02. The third kappa shape index (κ3) is 3.38. The molecule has 4 nitrogen and oxygen atoms in total. The molecular formula is C12H15BrN4. The first kappa shape index (κ1) is 12.3. The number of benzene rings is 1. The first-order valence-electron chi connectivity index (χ1n) is 5.62. The van der Waals surface area contributed by atoms with Crippen LogP contribution in [0.1, 0.15) is 24.4 Å².